The Morgan fingerprint density at radius 3 is 2.52 bits per heavy atom. The van der Waals surface area contributed by atoms with Gasteiger partial charge in [-0.1, -0.05) is 6.92 Å². The second-order valence-electron chi connectivity index (χ2n) is 4.83. The first-order valence-corrected chi connectivity index (χ1v) is 8.67. The molecule has 0 aromatic carbocycles. The van der Waals surface area contributed by atoms with E-state index in [0.717, 1.165) is 6.42 Å². The van der Waals surface area contributed by atoms with Crippen molar-refractivity contribution >= 4 is 21.7 Å². The molecular weight excluding hydrogens is 296 g/mol. The quantitative estimate of drug-likeness (QED) is 0.487. The highest BCUT2D eigenvalue weighted by atomic mass is 32.2. The van der Waals surface area contributed by atoms with Gasteiger partial charge in [0.1, 0.15) is 9.84 Å². The summed E-state index contributed by atoms with van der Waals surface area (Å²) >= 11 is 0. The molecule has 1 saturated heterocycles. The lowest BCUT2D eigenvalue weighted by molar-refractivity contribution is 0.292. The Balaban J connectivity index is 2.05. The number of hydrazine groups is 1. The van der Waals surface area contributed by atoms with Crippen LogP contribution in [0.5, 0.6) is 6.01 Å². The summed E-state index contributed by atoms with van der Waals surface area (Å²) in [6.07, 6.45) is 1.90. The number of nitrogens with zero attached hydrogens (tertiary/aromatic N) is 3. The van der Waals surface area contributed by atoms with Crippen molar-refractivity contribution in [3.05, 3.63) is 0 Å². The van der Waals surface area contributed by atoms with Crippen LogP contribution in [0.4, 0.5) is 11.9 Å². The van der Waals surface area contributed by atoms with Crippen LogP contribution >= 0.6 is 0 Å². The van der Waals surface area contributed by atoms with E-state index in [1.54, 1.807) is 0 Å². The van der Waals surface area contributed by atoms with Crippen molar-refractivity contribution in [2.75, 3.05) is 28.9 Å². The standard InChI is InChI=1S/C11H20N6O3S/c1-2-5-20-11-15-9(14-10(16-11)17-12)13-8-3-6-21(18,19)7-4-8/h8H,2-7,12H2,1H3,(H2,13,14,15,16,17). The summed E-state index contributed by atoms with van der Waals surface area (Å²) in [7, 11) is -2.89. The molecule has 0 atom stereocenters. The molecule has 0 aliphatic carbocycles. The molecule has 118 valence electrons. The molecule has 1 aromatic heterocycles. The van der Waals surface area contributed by atoms with E-state index >= 15 is 0 Å². The van der Waals surface area contributed by atoms with Crippen LogP contribution in [0, 0.1) is 0 Å². The van der Waals surface area contributed by atoms with Gasteiger partial charge in [0, 0.05) is 6.04 Å². The lowest BCUT2D eigenvalue weighted by Crippen LogP contribution is -2.32. The molecule has 2 rings (SSSR count). The van der Waals surface area contributed by atoms with Gasteiger partial charge >= 0.3 is 6.01 Å². The molecule has 21 heavy (non-hydrogen) atoms. The second kappa shape index (κ2) is 6.85. The van der Waals surface area contributed by atoms with E-state index in [1.807, 2.05) is 6.92 Å². The summed E-state index contributed by atoms with van der Waals surface area (Å²) in [5, 5.41) is 3.11. The van der Waals surface area contributed by atoms with E-state index in [-0.39, 0.29) is 29.5 Å². The Bertz CT molecular complexity index is 565. The fourth-order valence-electron chi connectivity index (χ4n) is 1.96. The van der Waals surface area contributed by atoms with Crippen LogP contribution in [-0.4, -0.2) is 47.5 Å². The number of rotatable bonds is 6. The fraction of sp³-hybridized carbons (Fsp3) is 0.727. The highest BCUT2D eigenvalue weighted by Gasteiger charge is 2.24. The maximum absolute atomic E-state index is 11.4. The average molecular weight is 316 g/mol. The molecule has 1 aliphatic heterocycles. The monoisotopic (exact) mass is 316 g/mol. The number of hydrogen-bond donors (Lipinski definition) is 3. The molecule has 4 N–H and O–H groups in total. The number of sulfone groups is 1. The second-order valence-corrected chi connectivity index (χ2v) is 7.13. The first-order chi connectivity index (χ1) is 10.0. The zero-order valence-electron chi connectivity index (χ0n) is 11.9. The number of aromatic nitrogens is 3. The third-order valence-electron chi connectivity index (χ3n) is 3.07. The summed E-state index contributed by atoms with van der Waals surface area (Å²) in [6.45, 7) is 2.47. The number of nitrogens with one attached hydrogen (secondary N) is 2. The first-order valence-electron chi connectivity index (χ1n) is 6.85. The summed E-state index contributed by atoms with van der Waals surface area (Å²) in [4.78, 5) is 12.2. The number of ether oxygens (including phenoxy) is 1. The van der Waals surface area contributed by atoms with Gasteiger partial charge < -0.3 is 10.1 Å². The van der Waals surface area contributed by atoms with E-state index < -0.39 is 9.84 Å². The summed E-state index contributed by atoms with van der Waals surface area (Å²) < 4.78 is 28.2. The minimum absolute atomic E-state index is 0.0144. The van der Waals surface area contributed by atoms with Gasteiger partial charge in [-0.3, -0.25) is 5.43 Å². The molecule has 0 saturated carbocycles. The Morgan fingerprint density at radius 1 is 1.24 bits per heavy atom. The third-order valence-corrected chi connectivity index (χ3v) is 4.78. The van der Waals surface area contributed by atoms with Gasteiger partial charge in [-0.25, -0.2) is 14.3 Å². The van der Waals surface area contributed by atoms with Crippen molar-refractivity contribution in [3.63, 3.8) is 0 Å². The number of nitrogen functional groups attached to an aromatic ring is 1. The van der Waals surface area contributed by atoms with E-state index in [9.17, 15) is 8.42 Å². The van der Waals surface area contributed by atoms with Crippen LogP contribution in [0.15, 0.2) is 0 Å². The molecule has 1 aromatic rings. The molecule has 0 unspecified atom stereocenters. The molecular formula is C11H20N6O3S. The smallest absolute Gasteiger partial charge is 0.323 e. The van der Waals surface area contributed by atoms with Gasteiger partial charge in [0.25, 0.3) is 0 Å². The van der Waals surface area contributed by atoms with Crippen LogP contribution in [0.1, 0.15) is 26.2 Å². The molecule has 10 heteroatoms. The molecule has 0 bridgehead atoms. The van der Waals surface area contributed by atoms with Crippen LogP contribution in [0.25, 0.3) is 0 Å². The van der Waals surface area contributed by atoms with Crippen molar-refractivity contribution in [2.45, 2.75) is 32.2 Å². The maximum Gasteiger partial charge on any atom is 0.323 e. The third kappa shape index (κ3) is 4.67. The van der Waals surface area contributed by atoms with Crippen LogP contribution < -0.4 is 21.3 Å². The number of anilines is 2. The van der Waals surface area contributed by atoms with Gasteiger partial charge in [-0.2, -0.15) is 15.0 Å². The predicted molar refractivity (Wildman–Crippen MR) is 78.7 cm³/mol. The minimum atomic E-state index is -2.89. The SMILES string of the molecule is CCCOc1nc(NN)nc(NC2CCS(=O)(=O)CC2)n1. The van der Waals surface area contributed by atoms with E-state index in [1.165, 1.54) is 0 Å². The highest BCUT2D eigenvalue weighted by Crippen LogP contribution is 2.17. The van der Waals surface area contributed by atoms with Crippen molar-refractivity contribution < 1.29 is 13.2 Å². The van der Waals surface area contributed by atoms with Gasteiger partial charge in [-0.05, 0) is 19.3 Å². The number of nitrogens with two attached hydrogens (primary N) is 1. The van der Waals surface area contributed by atoms with Crippen molar-refractivity contribution in [1.82, 2.24) is 15.0 Å². The predicted octanol–water partition coefficient (Wildman–Crippen LogP) is -0.0649. The Hall–Kier alpha value is -1.68. The minimum Gasteiger partial charge on any atom is -0.463 e. The maximum atomic E-state index is 11.4. The topological polar surface area (TPSA) is 132 Å². The molecule has 0 amide bonds. The Morgan fingerprint density at radius 2 is 1.90 bits per heavy atom. The summed E-state index contributed by atoms with van der Waals surface area (Å²) in [5.41, 5.74) is 2.36. The van der Waals surface area contributed by atoms with Gasteiger partial charge in [0.15, 0.2) is 0 Å². The zero-order chi connectivity index (χ0) is 15.3. The van der Waals surface area contributed by atoms with Gasteiger partial charge in [0.05, 0.1) is 18.1 Å². The molecule has 1 aliphatic rings. The molecule has 0 radical (unpaired) electrons. The van der Waals surface area contributed by atoms with Crippen LogP contribution in [-0.2, 0) is 9.84 Å². The number of hydrogen-bond acceptors (Lipinski definition) is 9. The van der Waals surface area contributed by atoms with Gasteiger partial charge in [0.2, 0.25) is 11.9 Å². The largest absolute Gasteiger partial charge is 0.463 e. The van der Waals surface area contributed by atoms with Crippen molar-refractivity contribution in [3.8, 4) is 6.01 Å². The van der Waals surface area contributed by atoms with Gasteiger partial charge in [-0.15, -0.1) is 0 Å². The Kier molecular flexibility index (Phi) is 5.12. The lowest BCUT2D eigenvalue weighted by atomic mass is 10.2. The molecule has 0 spiro atoms. The Labute approximate surface area is 123 Å². The molecule has 1 fully saturated rings. The van der Waals surface area contributed by atoms with Crippen molar-refractivity contribution in [2.24, 2.45) is 5.84 Å². The summed E-state index contributed by atoms with van der Waals surface area (Å²) in [6, 6.07) is 0.200. The van der Waals surface area contributed by atoms with E-state index in [0.29, 0.717) is 25.4 Å². The zero-order valence-corrected chi connectivity index (χ0v) is 12.7. The van der Waals surface area contributed by atoms with Crippen LogP contribution in [0.3, 0.4) is 0 Å². The lowest BCUT2D eigenvalue weighted by Gasteiger charge is -2.23. The fourth-order valence-corrected chi connectivity index (χ4v) is 3.45. The highest BCUT2D eigenvalue weighted by molar-refractivity contribution is 7.91. The molecule has 2 heterocycles. The average Bonchev–Trinajstić information content (AvgIpc) is 2.47. The first kappa shape index (κ1) is 15.7. The normalized spacial score (nSPS) is 18.2. The van der Waals surface area contributed by atoms with Crippen LogP contribution in [0.2, 0.25) is 0 Å². The van der Waals surface area contributed by atoms with Crippen molar-refractivity contribution in [1.29, 1.82) is 0 Å². The van der Waals surface area contributed by atoms with E-state index in [2.05, 4.69) is 25.7 Å². The summed E-state index contributed by atoms with van der Waals surface area (Å²) in [5.74, 6) is 6.20. The van der Waals surface area contributed by atoms with E-state index in [4.69, 9.17) is 10.6 Å². The molecule has 9 nitrogen and oxygen atoms in total.